The maximum absolute atomic E-state index is 13.1. The molecule has 6 nitrogen and oxygen atoms in total. The molecular formula is C18H27N5O. The summed E-state index contributed by atoms with van der Waals surface area (Å²) in [4.78, 5) is 15.1. The van der Waals surface area contributed by atoms with Crippen LogP contribution in [0, 0.1) is 5.92 Å². The van der Waals surface area contributed by atoms with Crippen molar-refractivity contribution >= 4 is 5.91 Å². The Morgan fingerprint density at radius 3 is 2.92 bits per heavy atom. The molecule has 130 valence electrons. The van der Waals surface area contributed by atoms with Crippen LogP contribution in [0.5, 0.6) is 0 Å². The Hall–Kier alpha value is -2.11. The molecule has 0 saturated carbocycles. The molecule has 2 aromatic heterocycles. The standard InChI is InChI=1S/C18H27N5O/c1-4-23-17(12-15(20-23)11-14(2)3)18(24)22-10-5-7-16(22)13-21-9-6-8-19-21/h6,8-9,12,14,16H,4-5,7,10-11,13H2,1-3H3. The van der Waals surface area contributed by atoms with Crippen LogP contribution in [0.1, 0.15) is 49.8 Å². The van der Waals surface area contributed by atoms with Crippen molar-refractivity contribution in [1.29, 1.82) is 0 Å². The zero-order chi connectivity index (χ0) is 17.1. The number of hydrogen-bond acceptors (Lipinski definition) is 3. The molecule has 24 heavy (non-hydrogen) atoms. The highest BCUT2D eigenvalue weighted by Crippen LogP contribution is 2.22. The third-order valence-electron chi connectivity index (χ3n) is 4.56. The first-order valence-corrected chi connectivity index (χ1v) is 8.93. The van der Waals surface area contributed by atoms with Gasteiger partial charge in [-0.3, -0.25) is 14.2 Å². The van der Waals surface area contributed by atoms with Gasteiger partial charge < -0.3 is 4.90 Å². The average molecular weight is 329 g/mol. The molecule has 1 amide bonds. The highest BCUT2D eigenvalue weighted by molar-refractivity contribution is 5.93. The summed E-state index contributed by atoms with van der Waals surface area (Å²) in [6, 6.07) is 4.12. The van der Waals surface area contributed by atoms with Crippen LogP contribution in [0.4, 0.5) is 0 Å². The van der Waals surface area contributed by atoms with Crippen molar-refractivity contribution in [2.45, 2.75) is 59.2 Å². The number of likely N-dealkylation sites (tertiary alicyclic amines) is 1. The monoisotopic (exact) mass is 329 g/mol. The van der Waals surface area contributed by atoms with E-state index in [0.29, 0.717) is 5.92 Å². The summed E-state index contributed by atoms with van der Waals surface area (Å²) in [5, 5.41) is 8.89. The van der Waals surface area contributed by atoms with Crippen LogP contribution in [-0.2, 0) is 19.5 Å². The molecule has 1 fully saturated rings. The normalized spacial score (nSPS) is 17.8. The molecule has 1 unspecified atom stereocenters. The molecule has 1 aliphatic heterocycles. The van der Waals surface area contributed by atoms with E-state index in [2.05, 4.69) is 24.0 Å². The number of carbonyl (C=O) groups is 1. The van der Waals surface area contributed by atoms with Gasteiger partial charge in [-0.05, 0) is 44.2 Å². The molecule has 0 aromatic carbocycles. The Kier molecular flexibility index (Phi) is 5.02. The van der Waals surface area contributed by atoms with E-state index in [9.17, 15) is 4.79 Å². The van der Waals surface area contributed by atoms with Gasteiger partial charge in [-0.15, -0.1) is 0 Å². The fourth-order valence-corrected chi connectivity index (χ4v) is 3.47. The molecular weight excluding hydrogens is 302 g/mol. The zero-order valence-corrected chi connectivity index (χ0v) is 14.9. The van der Waals surface area contributed by atoms with Crippen LogP contribution in [0.15, 0.2) is 24.5 Å². The van der Waals surface area contributed by atoms with E-state index in [-0.39, 0.29) is 11.9 Å². The molecule has 2 aromatic rings. The quantitative estimate of drug-likeness (QED) is 0.818. The highest BCUT2D eigenvalue weighted by atomic mass is 16.2. The van der Waals surface area contributed by atoms with Gasteiger partial charge in [0, 0.05) is 25.5 Å². The van der Waals surface area contributed by atoms with Gasteiger partial charge in [-0.25, -0.2) is 0 Å². The first-order chi connectivity index (χ1) is 11.6. The predicted molar refractivity (Wildman–Crippen MR) is 92.7 cm³/mol. The van der Waals surface area contributed by atoms with Crippen molar-refractivity contribution in [1.82, 2.24) is 24.5 Å². The summed E-state index contributed by atoms with van der Waals surface area (Å²) in [5.41, 5.74) is 1.73. The SMILES string of the molecule is CCn1nc(CC(C)C)cc1C(=O)N1CCCC1Cn1cccn1. The van der Waals surface area contributed by atoms with E-state index < -0.39 is 0 Å². The van der Waals surface area contributed by atoms with E-state index in [4.69, 9.17) is 0 Å². The highest BCUT2D eigenvalue weighted by Gasteiger charge is 2.31. The molecule has 6 heteroatoms. The van der Waals surface area contributed by atoms with Gasteiger partial charge in [0.1, 0.15) is 5.69 Å². The smallest absolute Gasteiger partial charge is 0.272 e. The van der Waals surface area contributed by atoms with E-state index >= 15 is 0 Å². The first kappa shape index (κ1) is 16.7. The maximum Gasteiger partial charge on any atom is 0.272 e. The minimum Gasteiger partial charge on any atom is -0.332 e. The van der Waals surface area contributed by atoms with Crippen molar-refractivity contribution in [3.63, 3.8) is 0 Å². The summed E-state index contributed by atoms with van der Waals surface area (Å²) in [6.45, 7) is 8.68. The number of nitrogens with zero attached hydrogens (tertiary/aromatic N) is 5. The Balaban J connectivity index is 1.78. The van der Waals surface area contributed by atoms with Gasteiger partial charge in [0.15, 0.2) is 0 Å². The number of amides is 1. The molecule has 0 N–H and O–H groups in total. The molecule has 1 saturated heterocycles. The molecule has 0 aliphatic carbocycles. The molecule has 0 spiro atoms. The summed E-state index contributed by atoms with van der Waals surface area (Å²) < 4.78 is 3.76. The number of hydrogen-bond donors (Lipinski definition) is 0. The number of aryl methyl sites for hydroxylation is 1. The van der Waals surface area contributed by atoms with Gasteiger partial charge in [0.05, 0.1) is 18.3 Å². The Bertz CT molecular complexity index is 674. The Labute approximate surface area is 143 Å². The largest absolute Gasteiger partial charge is 0.332 e. The van der Waals surface area contributed by atoms with Crippen LogP contribution in [0.3, 0.4) is 0 Å². The number of aromatic nitrogens is 4. The molecule has 1 aliphatic rings. The summed E-state index contributed by atoms with van der Waals surface area (Å²) in [5.74, 6) is 0.640. The molecule has 3 heterocycles. The second-order valence-corrected chi connectivity index (χ2v) is 6.96. The second-order valence-electron chi connectivity index (χ2n) is 6.96. The molecule has 1 atom stereocenters. The lowest BCUT2D eigenvalue weighted by Gasteiger charge is -2.24. The lowest BCUT2D eigenvalue weighted by Crippen LogP contribution is -2.39. The minimum absolute atomic E-state index is 0.106. The average Bonchev–Trinajstić information content (AvgIpc) is 3.27. The van der Waals surface area contributed by atoms with Crippen molar-refractivity contribution in [3.8, 4) is 0 Å². The van der Waals surface area contributed by atoms with Crippen molar-refractivity contribution in [2.24, 2.45) is 5.92 Å². The lowest BCUT2D eigenvalue weighted by molar-refractivity contribution is 0.0709. The Morgan fingerprint density at radius 1 is 1.42 bits per heavy atom. The van der Waals surface area contributed by atoms with Crippen molar-refractivity contribution in [3.05, 3.63) is 35.9 Å². The molecule has 0 bridgehead atoms. The molecule has 3 rings (SSSR count). The van der Waals surface area contributed by atoms with E-state index in [1.54, 1.807) is 6.20 Å². The van der Waals surface area contributed by atoms with E-state index in [1.165, 1.54) is 0 Å². The second kappa shape index (κ2) is 7.20. The first-order valence-electron chi connectivity index (χ1n) is 8.93. The third kappa shape index (κ3) is 3.52. The topological polar surface area (TPSA) is 56.0 Å². The number of rotatable bonds is 6. The third-order valence-corrected chi connectivity index (χ3v) is 4.56. The zero-order valence-electron chi connectivity index (χ0n) is 14.9. The van der Waals surface area contributed by atoms with Gasteiger partial charge in [-0.1, -0.05) is 13.8 Å². The Morgan fingerprint density at radius 2 is 2.25 bits per heavy atom. The minimum atomic E-state index is 0.106. The van der Waals surface area contributed by atoms with Gasteiger partial charge >= 0.3 is 0 Å². The van der Waals surface area contributed by atoms with Crippen LogP contribution >= 0.6 is 0 Å². The lowest BCUT2D eigenvalue weighted by atomic mass is 10.1. The summed E-state index contributed by atoms with van der Waals surface area (Å²) in [6.07, 6.45) is 6.73. The van der Waals surface area contributed by atoms with E-state index in [0.717, 1.165) is 50.3 Å². The van der Waals surface area contributed by atoms with Crippen molar-refractivity contribution < 1.29 is 4.79 Å². The fourth-order valence-electron chi connectivity index (χ4n) is 3.47. The summed E-state index contributed by atoms with van der Waals surface area (Å²) in [7, 11) is 0. The van der Waals surface area contributed by atoms with Crippen molar-refractivity contribution in [2.75, 3.05) is 6.54 Å². The molecule has 0 radical (unpaired) electrons. The van der Waals surface area contributed by atoms with Crippen LogP contribution in [0.25, 0.3) is 0 Å². The van der Waals surface area contributed by atoms with Gasteiger partial charge in [0.2, 0.25) is 0 Å². The predicted octanol–water partition coefficient (Wildman–Crippen LogP) is 2.60. The van der Waals surface area contributed by atoms with Gasteiger partial charge in [0.25, 0.3) is 5.91 Å². The fraction of sp³-hybridized carbons (Fsp3) is 0.611. The maximum atomic E-state index is 13.1. The van der Waals surface area contributed by atoms with E-state index in [1.807, 2.05) is 39.5 Å². The number of carbonyl (C=O) groups excluding carboxylic acids is 1. The van der Waals surface area contributed by atoms with Gasteiger partial charge in [-0.2, -0.15) is 10.2 Å². The van der Waals surface area contributed by atoms with Crippen LogP contribution in [-0.4, -0.2) is 43.0 Å². The van der Waals surface area contributed by atoms with Crippen LogP contribution < -0.4 is 0 Å². The van der Waals surface area contributed by atoms with Crippen LogP contribution in [0.2, 0.25) is 0 Å². The summed E-state index contributed by atoms with van der Waals surface area (Å²) >= 11 is 0.